The Morgan fingerprint density at radius 1 is 1.17 bits per heavy atom. The van der Waals surface area contributed by atoms with Gasteiger partial charge in [0.05, 0.1) is 41.3 Å². The molecule has 3 aromatic rings. The van der Waals surface area contributed by atoms with Gasteiger partial charge in [-0.2, -0.15) is 0 Å². The second-order valence-electron chi connectivity index (χ2n) is 9.08. The molecular weight excluding hydrogens is 470 g/mol. The number of aliphatic hydroxyl groups excluding tert-OH is 1. The average molecular weight is 498 g/mol. The summed E-state index contributed by atoms with van der Waals surface area (Å²) in [6.45, 7) is 1.88. The highest BCUT2D eigenvalue weighted by Crippen LogP contribution is 2.30. The molecular formula is C25H28ClN5O4. The first-order valence-electron chi connectivity index (χ1n) is 12.0. The Morgan fingerprint density at radius 2 is 2.00 bits per heavy atom. The molecule has 1 amide bonds. The maximum atomic E-state index is 13.7. The Balaban J connectivity index is 1.44. The number of carbonyl (C=O) groups excluding carboxylic acids is 2. The van der Waals surface area contributed by atoms with E-state index in [9.17, 15) is 14.7 Å². The SMILES string of the molecule is O=C(c1cc(C(=O)N2CCCCC2)ccc1Cl)c1c[nH]c2ncnc(N[C@@H]3CC[C@@H](CO)OC3)c12. The first-order chi connectivity index (χ1) is 17.0. The van der Waals surface area contributed by atoms with E-state index in [1.165, 1.54) is 6.33 Å². The van der Waals surface area contributed by atoms with Gasteiger partial charge in [-0.1, -0.05) is 11.6 Å². The van der Waals surface area contributed by atoms with Crippen LogP contribution in [0.1, 0.15) is 58.4 Å². The summed E-state index contributed by atoms with van der Waals surface area (Å²) in [5.41, 5.74) is 1.61. The first-order valence-corrected chi connectivity index (χ1v) is 12.4. The molecule has 3 N–H and O–H groups in total. The molecule has 2 aliphatic rings. The fraction of sp³-hybridized carbons (Fsp3) is 0.440. The van der Waals surface area contributed by atoms with Crippen molar-refractivity contribution in [2.45, 2.75) is 44.2 Å². The van der Waals surface area contributed by atoms with Gasteiger partial charge < -0.3 is 25.0 Å². The second kappa shape index (κ2) is 10.3. The third-order valence-electron chi connectivity index (χ3n) is 6.73. The summed E-state index contributed by atoms with van der Waals surface area (Å²) in [7, 11) is 0. The number of H-pyrrole nitrogens is 1. The lowest BCUT2D eigenvalue weighted by atomic mass is 10.00. The number of anilines is 1. The fourth-order valence-corrected chi connectivity index (χ4v) is 4.97. The number of piperidine rings is 1. The number of rotatable bonds is 6. The van der Waals surface area contributed by atoms with Crippen molar-refractivity contribution < 1.29 is 19.4 Å². The number of hydrogen-bond acceptors (Lipinski definition) is 7. The van der Waals surface area contributed by atoms with Crippen LogP contribution < -0.4 is 5.32 Å². The summed E-state index contributed by atoms with van der Waals surface area (Å²) in [5, 5.41) is 13.5. The molecule has 0 bridgehead atoms. The predicted octanol–water partition coefficient (Wildman–Crippen LogP) is 3.42. The van der Waals surface area contributed by atoms with E-state index in [2.05, 4.69) is 20.3 Å². The largest absolute Gasteiger partial charge is 0.394 e. The lowest BCUT2D eigenvalue weighted by molar-refractivity contribution is -0.0224. The van der Waals surface area contributed by atoms with Crippen LogP contribution in [0.25, 0.3) is 11.0 Å². The average Bonchev–Trinajstić information content (AvgIpc) is 3.34. The Hall–Kier alpha value is -3.01. The number of ether oxygens (including phenoxy) is 1. The standard InChI is InChI=1S/C25H28ClN5O4/c26-20-7-4-15(25(34)31-8-2-1-3-9-31)10-18(20)22(33)19-11-27-23-21(19)24(29-14-28-23)30-16-5-6-17(12-32)35-13-16/h4,7,10-11,14,16-17,32H,1-3,5-6,8-9,12-13H2,(H2,27,28,29,30)/t16-,17+/m1/s1. The van der Waals surface area contributed by atoms with Crippen molar-refractivity contribution in [1.82, 2.24) is 19.9 Å². The molecule has 0 aliphatic carbocycles. The zero-order valence-electron chi connectivity index (χ0n) is 19.3. The molecule has 2 saturated heterocycles. The maximum absolute atomic E-state index is 13.7. The molecule has 2 aliphatic heterocycles. The summed E-state index contributed by atoms with van der Waals surface area (Å²) < 4.78 is 5.67. The number of aliphatic hydroxyl groups is 1. The van der Waals surface area contributed by atoms with Crippen molar-refractivity contribution in [3.63, 3.8) is 0 Å². The molecule has 35 heavy (non-hydrogen) atoms. The normalized spacial score (nSPS) is 20.7. The highest BCUT2D eigenvalue weighted by molar-refractivity contribution is 6.36. The molecule has 9 nitrogen and oxygen atoms in total. The summed E-state index contributed by atoms with van der Waals surface area (Å²) in [6.07, 6.45) is 7.52. The Morgan fingerprint density at radius 3 is 2.74 bits per heavy atom. The number of aromatic nitrogens is 3. The van der Waals surface area contributed by atoms with Gasteiger partial charge in [0.1, 0.15) is 17.8 Å². The molecule has 0 saturated carbocycles. The number of carbonyl (C=O) groups is 2. The quantitative estimate of drug-likeness (QED) is 0.446. The van der Waals surface area contributed by atoms with Gasteiger partial charge in [-0.3, -0.25) is 9.59 Å². The molecule has 0 unspecified atom stereocenters. The van der Waals surface area contributed by atoms with Gasteiger partial charge in [-0.05, 0) is 50.3 Å². The first kappa shape index (κ1) is 23.7. The molecule has 0 spiro atoms. The number of benzene rings is 1. The molecule has 4 heterocycles. The number of halogens is 1. The molecule has 5 rings (SSSR count). The molecule has 1 aromatic carbocycles. The highest BCUT2D eigenvalue weighted by Gasteiger charge is 2.26. The summed E-state index contributed by atoms with van der Waals surface area (Å²) in [5.74, 6) is 0.124. The highest BCUT2D eigenvalue weighted by atomic mass is 35.5. The summed E-state index contributed by atoms with van der Waals surface area (Å²) in [6, 6.07) is 4.85. The van der Waals surface area contributed by atoms with Crippen molar-refractivity contribution in [2.75, 3.05) is 31.6 Å². The smallest absolute Gasteiger partial charge is 0.253 e. The summed E-state index contributed by atoms with van der Waals surface area (Å²) in [4.78, 5) is 40.2. The third-order valence-corrected chi connectivity index (χ3v) is 7.06. The zero-order valence-corrected chi connectivity index (χ0v) is 20.1. The molecule has 2 atom stereocenters. The van der Waals surface area contributed by atoms with Crippen molar-refractivity contribution >= 4 is 40.1 Å². The third kappa shape index (κ3) is 4.89. The van der Waals surface area contributed by atoms with Crippen molar-refractivity contribution in [1.29, 1.82) is 0 Å². The Kier molecular flexibility index (Phi) is 6.99. The minimum Gasteiger partial charge on any atom is -0.394 e. The van der Waals surface area contributed by atoms with Gasteiger partial charge in [0.25, 0.3) is 5.91 Å². The number of nitrogens with zero attached hydrogens (tertiary/aromatic N) is 3. The van der Waals surface area contributed by atoms with E-state index in [4.69, 9.17) is 16.3 Å². The Labute approximate surface area is 207 Å². The monoisotopic (exact) mass is 497 g/mol. The zero-order chi connectivity index (χ0) is 24.4. The van der Waals surface area contributed by atoms with Crippen molar-refractivity contribution in [3.05, 3.63) is 52.4 Å². The van der Waals surface area contributed by atoms with Crippen LogP contribution in [0.3, 0.4) is 0 Å². The molecule has 0 radical (unpaired) electrons. The van der Waals surface area contributed by atoms with Crippen LogP contribution in [0.5, 0.6) is 0 Å². The van der Waals surface area contributed by atoms with E-state index in [-0.39, 0.29) is 41.0 Å². The van der Waals surface area contributed by atoms with Crippen LogP contribution in [-0.2, 0) is 4.74 Å². The van der Waals surface area contributed by atoms with Crippen LogP contribution in [0, 0.1) is 0 Å². The lowest BCUT2D eigenvalue weighted by Gasteiger charge is -2.29. The van der Waals surface area contributed by atoms with Gasteiger partial charge in [0, 0.05) is 30.4 Å². The van der Waals surface area contributed by atoms with Crippen LogP contribution in [-0.4, -0.2) is 75.1 Å². The number of hydrogen-bond donors (Lipinski definition) is 3. The number of amides is 1. The minimum atomic E-state index is -0.312. The summed E-state index contributed by atoms with van der Waals surface area (Å²) >= 11 is 6.43. The number of ketones is 1. The van der Waals surface area contributed by atoms with E-state index in [1.807, 2.05) is 4.90 Å². The molecule has 2 fully saturated rings. The fourth-order valence-electron chi connectivity index (χ4n) is 4.77. The topological polar surface area (TPSA) is 120 Å². The van der Waals surface area contributed by atoms with Crippen LogP contribution >= 0.6 is 11.6 Å². The number of nitrogens with one attached hydrogen (secondary N) is 2. The van der Waals surface area contributed by atoms with Crippen LogP contribution in [0.15, 0.2) is 30.7 Å². The van der Waals surface area contributed by atoms with Gasteiger partial charge in [-0.25, -0.2) is 9.97 Å². The van der Waals surface area contributed by atoms with Crippen molar-refractivity contribution in [3.8, 4) is 0 Å². The van der Waals surface area contributed by atoms with E-state index in [1.54, 1.807) is 24.4 Å². The number of aromatic amines is 1. The maximum Gasteiger partial charge on any atom is 0.253 e. The van der Waals surface area contributed by atoms with Crippen molar-refractivity contribution in [2.24, 2.45) is 0 Å². The number of likely N-dealkylation sites (tertiary alicyclic amines) is 1. The van der Waals surface area contributed by atoms with Gasteiger partial charge in [-0.15, -0.1) is 0 Å². The Bertz CT molecular complexity index is 1230. The van der Waals surface area contributed by atoms with Gasteiger partial charge in [0.2, 0.25) is 0 Å². The lowest BCUT2D eigenvalue weighted by Crippen LogP contribution is -2.36. The molecule has 2 aromatic heterocycles. The minimum absolute atomic E-state index is 0.00101. The molecule has 184 valence electrons. The van der Waals surface area contributed by atoms with E-state index in [0.29, 0.717) is 34.6 Å². The van der Waals surface area contributed by atoms with Crippen LogP contribution in [0.4, 0.5) is 5.82 Å². The van der Waals surface area contributed by atoms with E-state index >= 15 is 0 Å². The number of fused-ring (bicyclic) bond motifs is 1. The van der Waals surface area contributed by atoms with Gasteiger partial charge >= 0.3 is 0 Å². The molecule has 10 heteroatoms. The second-order valence-corrected chi connectivity index (χ2v) is 9.49. The van der Waals surface area contributed by atoms with E-state index < -0.39 is 0 Å². The van der Waals surface area contributed by atoms with Gasteiger partial charge in [0.15, 0.2) is 5.78 Å². The van der Waals surface area contributed by atoms with Crippen LogP contribution in [0.2, 0.25) is 5.02 Å². The predicted molar refractivity (Wildman–Crippen MR) is 132 cm³/mol. The van der Waals surface area contributed by atoms with E-state index in [0.717, 1.165) is 45.2 Å².